The van der Waals surface area contributed by atoms with Crippen LogP contribution in [0.3, 0.4) is 0 Å². The monoisotopic (exact) mass is 301 g/mol. The quantitative estimate of drug-likeness (QED) is 0.930. The van der Waals surface area contributed by atoms with Gasteiger partial charge in [-0.1, -0.05) is 18.6 Å². The number of ether oxygens (including phenoxy) is 2. The first-order chi connectivity index (χ1) is 10.8. The Morgan fingerprint density at radius 3 is 2.82 bits per heavy atom. The average molecular weight is 301 g/mol. The van der Waals surface area contributed by atoms with E-state index in [1.165, 1.54) is 25.7 Å². The van der Waals surface area contributed by atoms with Crippen LogP contribution in [0.25, 0.3) is 0 Å². The van der Waals surface area contributed by atoms with E-state index in [9.17, 15) is 4.79 Å². The van der Waals surface area contributed by atoms with Gasteiger partial charge in [0.15, 0.2) is 11.5 Å². The topological polar surface area (TPSA) is 47.6 Å². The van der Waals surface area contributed by atoms with Crippen molar-refractivity contribution in [3.63, 3.8) is 0 Å². The molecule has 4 rings (SSSR count). The van der Waals surface area contributed by atoms with Gasteiger partial charge in [0, 0.05) is 6.42 Å². The molecule has 4 heteroatoms. The highest BCUT2D eigenvalue weighted by molar-refractivity contribution is 5.76. The molecular formula is C18H23NO3. The summed E-state index contributed by atoms with van der Waals surface area (Å²) in [5.74, 6) is 4.03. The summed E-state index contributed by atoms with van der Waals surface area (Å²) in [6, 6.07) is 7.66. The molecule has 22 heavy (non-hydrogen) atoms. The second kappa shape index (κ2) is 5.82. The Morgan fingerprint density at radius 2 is 2.05 bits per heavy atom. The fourth-order valence-corrected chi connectivity index (χ4v) is 4.33. The number of benzene rings is 1. The van der Waals surface area contributed by atoms with E-state index in [2.05, 4.69) is 5.32 Å². The number of hydrogen-bond donors (Lipinski definition) is 1. The summed E-state index contributed by atoms with van der Waals surface area (Å²) >= 11 is 0. The summed E-state index contributed by atoms with van der Waals surface area (Å²) < 4.78 is 11.5. The molecule has 118 valence electrons. The van der Waals surface area contributed by atoms with Gasteiger partial charge in [-0.25, -0.2) is 0 Å². The molecule has 4 atom stereocenters. The molecule has 3 aliphatic rings. The third-order valence-electron chi connectivity index (χ3n) is 5.43. The lowest BCUT2D eigenvalue weighted by molar-refractivity contribution is -0.122. The van der Waals surface area contributed by atoms with Crippen molar-refractivity contribution in [3.8, 4) is 11.5 Å². The van der Waals surface area contributed by atoms with Crippen LogP contribution in [0.4, 0.5) is 0 Å². The van der Waals surface area contributed by atoms with Gasteiger partial charge in [0.2, 0.25) is 5.91 Å². The number of para-hydroxylation sites is 2. The zero-order valence-electron chi connectivity index (χ0n) is 12.8. The van der Waals surface area contributed by atoms with E-state index >= 15 is 0 Å². The van der Waals surface area contributed by atoms with Crippen molar-refractivity contribution in [1.82, 2.24) is 5.32 Å². The van der Waals surface area contributed by atoms with Crippen LogP contribution in [-0.4, -0.2) is 25.2 Å². The van der Waals surface area contributed by atoms with Gasteiger partial charge in [0.1, 0.15) is 12.7 Å². The normalized spacial score (nSPS) is 32.0. The summed E-state index contributed by atoms with van der Waals surface area (Å²) in [6.07, 6.45) is 5.92. The van der Waals surface area contributed by atoms with E-state index in [0.29, 0.717) is 25.5 Å². The lowest BCUT2D eigenvalue weighted by Gasteiger charge is -2.27. The maximum absolute atomic E-state index is 12.2. The fourth-order valence-electron chi connectivity index (χ4n) is 4.33. The maximum Gasteiger partial charge on any atom is 0.220 e. The molecule has 2 saturated carbocycles. The molecule has 0 unspecified atom stereocenters. The standard InChI is InChI=1S/C18H23NO3/c20-18(9-14-8-12-5-6-13(14)7-12)19-10-15-11-21-16-3-1-2-4-17(16)22-15/h1-4,12-15H,5-11H2,(H,19,20)/t12-,13-,14-,15+/m0/s1. The van der Waals surface area contributed by atoms with Crippen molar-refractivity contribution in [2.24, 2.45) is 17.8 Å². The first-order valence-electron chi connectivity index (χ1n) is 8.43. The Kier molecular flexibility index (Phi) is 3.68. The Balaban J connectivity index is 1.24. The van der Waals surface area contributed by atoms with Crippen LogP contribution in [-0.2, 0) is 4.79 Å². The van der Waals surface area contributed by atoms with Crippen LogP contribution < -0.4 is 14.8 Å². The molecule has 1 amide bonds. The van der Waals surface area contributed by atoms with Gasteiger partial charge in [-0.2, -0.15) is 0 Å². The lowest BCUT2D eigenvalue weighted by Crippen LogP contribution is -2.41. The third kappa shape index (κ3) is 2.79. The van der Waals surface area contributed by atoms with Crippen molar-refractivity contribution in [2.45, 2.75) is 38.2 Å². The molecular weight excluding hydrogens is 278 g/mol. The summed E-state index contributed by atoms with van der Waals surface area (Å²) in [6.45, 7) is 1.01. The van der Waals surface area contributed by atoms with E-state index in [4.69, 9.17) is 9.47 Å². The smallest absolute Gasteiger partial charge is 0.220 e. The molecule has 1 heterocycles. The van der Waals surface area contributed by atoms with Gasteiger partial charge < -0.3 is 14.8 Å². The minimum atomic E-state index is -0.0983. The van der Waals surface area contributed by atoms with Crippen molar-refractivity contribution < 1.29 is 14.3 Å². The maximum atomic E-state index is 12.2. The summed E-state index contributed by atoms with van der Waals surface area (Å²) in [7, 11) is 0. The Bertz CT molecular complexity index is 559. The highest BCUT2D eigenvalue weighted by Crippen LogP contribution is 2.49. The van der Waals surface area contributed by atoms with Gasteiger partial charge in [0.05, 0.1) is 6.54 Å². The van der Waals surface area contributed by atoms with Gasteiger partial charge in [0.25, 0.3) is 0 Å². The van der Waals surface area contributed by atoms with Crippen LogP contribution in [0.1, 0.15) is 32.1 Å². The van der Waals surface area contributed by atoms with Crippen LogP contribution in [0.5, 0.6) is 11.5 Å². The first kappa shape index (κ1) is 13.9. The van der Waals surface area contributed by atoms with Gasteiger partial charge in [-0.15, -0.1) is 0 Å². The minimum Gasteiger partial charge on any atom is -0.486 e. The molecule has 4 nitrogen and oxygen atoms in total. The molecule has 0 aromatic heterocycles. The number of carbonyl (C=O) groups is 1. The molecule has 2 aliphatic carbocycles. The average Bonchev–Trinajstić information content (AvgIpc) is 3.15. The molecule has 1 N–H and O–H groups in total. The van der Waals surface area contributed by atoms with E-state index in [1.807, 2.05) is 24.3 Å². The van der Waals surface area contributed by atoms with Crippen LogP contribution in [0.2, 0.25) is 0 Å². The predicted octanol–water partition coefficient (Wildman–Crippen LogP) is 2.77. The molecule has 2 fully saturated rings. The zero-order valence-corrected chi connectivity index (χ0v) is 12.8. The highest BCUT2D eigenvalue weighted by atomic mass is 16.6. The molecule has 1 aromatic rings. The van der Waals surface area contributed by atoms with Crippen LogP contribution in [0, 0.1) is 17.8 Å². The van der Waals surface area contributed by atoms with Gasteiger partial charge in [-0.05, 0) is 49.1 Å². The van der Waals surface area contributed by atoms with Crippen molar-refractivity contribution in [3.05, 3.63) is 24.3 Å². The summed E-state index contributed by atoms with van der Waals surface area (Å²) in [4.78, 5) is 12.2. The predicted molar refractivity (Wildman–Crippen MR) is 82.9 cm³/mol. The van der Waals surface area contributed by atoms with Crippen LogP contribution >= 0.6 is 0 Å². The number of carbonyl (C=O) groups excluding carboxylic acids is 1. The number of fused-ring (bicyclic) bond motifs is 3. The van der Waals surface area contributed by atoms with Gasteiger partial charge in [-0.3, -0.25) is 4.79 Å². The highest BCUT2D eigenvalue weighted by Gasteiger charge is 2.40. The fraction of sp³-hybridized carbons (Fsp3) is 0.611. The zero-order chi connectivity index (χ0) is 14.9. The number of hydrogen-bond acceptors (Lipinski definition) is 3. The summed E-state index contributed by atoms with van der Waals surface area (Å²) in [5, 5.41) is 3.03. The number of nitrogens with one attached hydrogen (secondary N) is 1. The van der Waals surface area contributed by atoms with Gasteiger partial charge >= 0.3 is 0 Å². The largest absolute Gasteiger partial charge is 0.486 e. The first-order valence-corrected chi connectivity index (χ1v) is 8.43. The molecule has 0 radical (unpaired) electrons. The summed E-state index contributed by atoms with van der Waals surface area (Å²) in [5.41, 5.74) is 0. The third-order valence-corrected chi connectivity index (χ3v) is 5.43. The molecule has 2 bridgehead atoms. The van der Waals surface area contributed by atoms with E-state index in [1.54, 1.807) is 0 Å². The van der Waals surface area contributed by atoms with E-state index in [0.717, 1.165) is 23.3 Å². The second-order valence-corrected chi connectivity index (χ2v) is 6.94. The second-order valence-electron chi connectivity index (χ2n) is 6.94. The molecule has 1 aliphatic heterocycles. The Hall–Kier alpha value is -1.71. The lowest BCUT2D eigenvalue weighted by atomic mass is 9.86. The van der Waals surface area contributed by atoms with Crippen molar-refractivity contribution >= 4 is 5.91 Å². The van der Waals surface area contributed by atoms with Crippen molar-refractivity contribution in [2.75, 3.05) is 13.2 Å². The SMILES string of the molecule is O=C(C[C@@H]1C[C@H]2CC[C@H]1C2)NC[C@@H]1COc2ccccc2O1. The van der Waals surface area contributed by atoms with E-state index < -0.39 is 0 Å². The number of rotatable bonds is 4. The Labute approximate surface area is 131 Å². The van der Waals surface area contributed by atoms with E-state index in [-0.39, 0.29) is 12.0 Å². The molecule has 0 saturated heterocycles. The molecule has 0 spiro atoms. The van der Waals surface area contributed by atoms with Crippen molar-refractivity contribution in [1.29, 1.82) is 0 Å². The van der Waals surface area contributed by atoms with Crippen LogP contribution in [0.15, 0.2) is 24.3 Å². The number of amides is 1. The molecule has 1 aromatic carbocycles. The minimum absolute atomic E-state index is 0.0983. The Morgan fingerprint density at radius 1 is 1.18 bits per heavy atom.